The highest BCUT2D eigenvalue weighted by molar-refractivity contribution is 7.89. The number of phenols is 1. The molecule has 160 valence electrons. The minimum atomic E-state index is -3.83. The van der Waals surface area contributed by atoms with Gasteiger partial charge in [0.1, 0.15) is 11.6 Å². The van der Waals surface area contributed by atoms with Gasteiger partial charge in [-0.15, -0.1) is 0 Å². The first-order valence-electron chi connectivity index (χ1n) is 9.38. The highest BCUT2D eigenvalue weighted by Crippen LogP contribution is 2.24. The second-order valence-electron chi connectivity index (χ2n) is 6.97. The summed E-state index contributed by atoms with van der Waals surface area (Å²) in [5, 5.41) is 14.4. The van der Waals surface area contributed by atoms with E-state index in [4.69, 9.17) is 0 Å². The molecule has 3 rings (SSSR count). The highest BCUT2D eigenvalue weighted by Gasteiger charge is 2.33. The predicted octanol–water partition coefficient (Wildman–Crippen LogP) is 1.69. The molecule has 0 bridgehead atoms. The van der Waals surface area contributed by atoms with Gasteiger partial charge in [0.15, 0.2) is 0 Å². The van der Waals surface area contributed by atoms with Crippen LogP contribution in [0, 0.1) is 11.7 Å². The first kappa shape index (κ1) is 21.7. The van der Waals surface area contributed by atoms with Gasteiger partial charge in [-0.25, -0.2) is 12.8 Å². The van der Waals surface area contributed by atoms with Gasteiger partial charge in [-0.05, 0) is 61.4 Å². The maximum atomic E-state index is 13.1. The Kier molecular flexibility index (Phi) is 6.68. The molecule has 0 spiro atoms. The fourth-order valence-corrected chi connectivity index (χ4v) is 4.72. The number of piperidine rings is 1. The Bertz CT molecular complexity index is 1010. The maximum absolute atomic E-state index is 13.1. The van der Waals surface area contributed by atoms with Crippen molar-refractivity contribution in [3.05, 3.63) is 54.3 Å². The first-order valence-corrected chi connectivity index (χ1v) is 10.8. The zero-order valence-corrected chi connectivity index (χ0v) is 16.9. The molecule has 1 saturated heterocycles. The fourth-order valence-electron chi connectivity index (χ4n) is 3.19. The number of hydrogen-bond donors (Lipinski definition) is 3. The lowest BCUT2D eigenvalue weighted by Gasteiger charge is -2.31. The molecule has 0 unspecified atom stereocenters. The van der Waals surface area contributed by atoms with Crippen molar-refractivity contribution in [1.29, 1.82) is 0 Å². The van der Waals surface area contributed by atoms with E-state index in [2.05, 4.69) is 10.6 Å². The molecule has 2 aromatic rings. The van der Waals surface area contributed by atoms with E-state index in [1.807, 2.05) is 0 Å². The zero-order chi connectivity index (χ0) is 21.7. The second-order valence-corrected chi connectivity index (χ2v) is 8.91. The molecule has 1 heterocycles. The lowest BCUT2D eigenvalue weighted by atomic mass is 9.99. The van der Waals surface area contributed by atoms with Crippen molar-refractivity contribution >= 4 is 27.5 Å². The van der Waals surface area contributed by atoms with E-state index in [1.54, 1.807) is 0 Å². The molecule has 10 heteroatoms. The summed E-state index contributed by atoms with van der Waals surface area (Å²) in [5.41, 5.74) is 0.473. The monoisotopic (exact) mass is 435 g/mol. The van der Waals surface area contributed by atoms with Crippen molar-refractivity contribution in [3.63, 3.8) is 0 Å². The molecule has 1 aliphatic rings. The minimum absolute atomic E-state index is 0.00881. The molecule has 0 radical (unpaired) electrons. The van der Waals surface area contributed by atoms with Gasteiger partial charge < -0.3 is 15.7 Å². The van der Waals surface area contributed by atoms with Gasteiger partial charge in [0.25, 0.3) is 0 Å². The Hall–Kier alpha value is -2.98. The van der Waals surface area contributed by atoms with Crippen LogP contribution in [0.1, 0.15) is 12.8 Å². The topological polar surface area (TPSA) is 116 Å². The summed E-state index contributed by atoms with van der Waals surface area (Å²) in [5.74, 6) is -1.90. The number of carbonyl (C=O) groups excluding carboxylic acids is 2. The number of rotatable bonds is 6. The number of anilines is 1. The molecule has 0 aliphatic carbocycles. The minimum Gasteiger partial charge on any atom is -0.508 e. The number of sulfonamides is 1. The quantitative estimate of drug-likeness (QED) is 0.597. The fraction of sp³-hybridized carbons (Fsp3) is 0.300. The Morgan fingerprint density at radius 2 is 1.77 bits per heavy atom. The summed E-state index contributed by atoms with van der Waals surface area (Å²) >= 11 is 0. The number of phenolic OH excluding ortho intramolecular Hbond substituents is 1. The number of carbonyl (C=O) groups is 2. The first-order chi connectivity index (χ1) is 14.3. The average molecular weight is 435 g/mol. The molecule has 1 aliphatic heterocycles. The van der Waals surface area contributed by atoms with E-state index in [0.717, 1.165) is 12.1 Å². The largest absolute Gasteiger partial charge is 0.508 e. The van der Waals surface area contributed by atoms with E-state index in [1.165, 1.54) is 40.7 Å². The van der Waals surface area contributed by atoms with Crippen molar-refractivity contribution in [2.24, 2.45) is 5.92 Å². The summed E-state index contributed by atoms with van der Waals surface area (Å²) < 4.78 is 39.8. The van der Waals surface area contributed by atoms with E-state index < -0.39 is 33.6 Å². The van der Waals surface area contributed by atoms with Gasteiger partial charge in [-0.3, -0.25) is 9.59 Å². The summed E-state index contributed by atoms with van der Waals surface area (Å²) in [6.07, 6.45) is 0.999. The number of nitrogens with one attached hydrogen (secondary N) is 2. The Morgan fingerprint density at radius 1 is 1.10 bits per heavy atom. The third-order valence-corrected chi connectivity index (χ3v) is 6.66. The van der Waals surface area contributed by atoms with E-state index in [0.29, 0.717) is 18.5 Å². The summed E-state index contributed by atoms with van der Waals surface area (Å²) in [7, 11) is -3.83. The van der Waals surface area contributed by atoms with E-state index in [-0.39, 0.29) is 30.3 Å². The van der Waals surface area contributed by atoms with Crippen LogP contribution in [-0.4, -0.2) is 49.3 Å². The number of hydrogen-bond acceptors (Lipinski definition) is 5. The predicted molar refractivity (Wildman–Crippen MR) is 108 cm³/mol. The van der Waals surface area contributed by atoms with Crippen molar-refractivity contribution in [2.45, 2.75) is 17.7 Å². The number of benzene rings is 2. The summed E-state index contributed by atoms with van der Waals surface area (Å²) in [6, 6.07) is 10.4. The molecule has 1 atom stereocenters. The molecular formula is C20H22FN3O5S. The van der Waals surface area contributed by atoms with Crippen molar-refractivity contribution in [2.75, 3.05) is 25.0 Å². The van der Waals surface area contributed by atoms with E-state index >= 15 is 0 Å². The van der Waals surface area contributed by atoms with Crippen LogP contribution in [0.25, 0.3) is 0 Å². The van der Waals surface area contributed by atoms with Crippen LogP contribution in [0.5, 0.6) is 5.75 Å². The van der Waals surface area contributed by atoms with Gasteiger partial charge >= 0.3 is 0 Å². The normalized spacial score (nSPS) is 17.3. The molecule has 1 fully saturated rings. The van der Waals surface area contributed by atoms with Crippen molar-refractivity contribution < 1.29 is 27.5 Å². The van der Waals surface area contributed by atoms with Gasteiger partial charge in [0.05, 0.1) is 17.4 Å². The van der Waals surface area contributed by atoms with Gasteiger partial charge in [0.2, 0.25) is 21.8 Å². The molecule has 0 saturated carbocycles. The zero-order valence-electron chi connectivity index (χ0n) is 16.0. The standard InChI is InChI=1S/C20H22FN3O5S/c21-15-3-9-18(10-4-15)30(28,29)24-11-1-2-14(13-24)20(27)22-12-19(26)23-16-5-7-17(25)8-6-16/h3-10,14,25H,1-2,11-13H2,(H,22,27)(H,23,26)/t14-/m1/s1. The van der Waals surface area contributed by atoms with Gasteiger partial charge in [0, 0.05) is 18.8 Å². The van der Waals surface area contributed by atoms with E-state index in [9.17, 15) is 27.5 Å². The maximum Gasteiger partial charge on any atom is 0.243 e. The molecule has 0 aromatic heterocycles. The van der Waals surface area contributed by atoms with Crippen LogP contribution in [0.4, 0.5) is 10.1 Å². The van der Waals surface area contributed by atoms with Crippen LogP contribution < -0.4 is 10.6 Å². The highest BCUT2D eigenvalue weighted by atomic mass is 32.2. The molecule has 30 heavy (non-hydrogen) atoms. The van der Waals surface area contributed by atoms with Crippen molar-refractivity contribution in [3.8, 4) is 5.75 Å². The van der Waals surface area contributed by atoms with Crippen molar-refractivity contribution in [1.82, 2.24) is 9.62 Å². The molecule has 2 amide bonds. The summed E-state index contributed by atoms with van der Waals surface area (Å²) in [4.78, 5) is 24.4. The van der Waals surface area contributed by atoms with Crippen LogP contribution in [0.3, 0.4) is 0 Å². The van der Waals surface area contributed by atoms with Crippen LogP contribution in [0.2, 0.25) is 0 Å². The van der Waals surface area contributed by atoms with Gasteiger partial charge in [-0.2, -0.15) is 4.31 Å². The summed E-state index contributed by atoms with van der Waals surface area (Å²) in [6.45, 7) is -0.00310. The Balaban J connectivity index is 1.55. The van der Waals surface area contributed by atoms with Gasteiger partial charge in [-0.1, -0.05) is 0 Å². The Morgan fingerprint density at radius 3 is 2.43 bits per heavy atom. The smallest absolute Gasteiger partial charge is 0.243 e. The number of aromatic hydroxyl groups is 1. The molecule has 2 aromatic carbocycles. The third kappa shape index (κ3) is 5.33. The average Bonchev–Trinajstić information content (AvgIpc) is 2.74. The number of nitrogens with zero attached hydrogens (tertiary/aromatic N) is 1. The SMILES string of the molecule is O=C(CNC(=O)[C@@H]1CCCN(S(=O)(=O)c2ccc(F)cc2)C1)Nc1ccc(O)cc1. The Labute approximate surface area is 173 Å². The number of amides is 2. The third-order valence-electron chi connectivity index (χ3n) is 4.78. The lowest BCUT2D eigenvalue weighted by Crippen LogP contribution is -2.46. The van der Waals surface area contributed by atoms with Crippen LogP contribution >= 0.6 is 0 Å². The second kappa shape index (κ2) is 9.23. The van der Waals surface area contributed by atoms with Crippen LogP contribution in [-0.2, 0) is 19.6 Å². The van der Waals surface area contributed by atoms with Crippen LogP contribution in [0.15, 0.2) is 53.4 Å². The number of halogens is 1. The molecule has 3 N–H and O–H groups in total. The molecule has 8 nitrogen and oxygen atoms in total. The molecular weight excluding hydrogens is 413 g/mol. The lowest BCUT2D eigenvalue weighted by molar-refractivity contribution is -0.128.